The minimum absolute atomic E-state index is 0.0325. The number of carbonyl (C=O) groups is 4. The number of benzene rings is 2. The fourth-order valence-corrected chi connectivity index (χ4v) is 3.88. The monoisotopic (exact) mass is 528 g/mol. The number of amides is 3. The molecule has 9 nitrogen and oxygen atoms in total. The van der Waals surface area contributed by atoms with E-state index >= 15 is 0 Å². The molecule has 2 aromatic rings. The fourth-order valence-electron chi connectivity index (χ4n) is 3.72. The van der Waals surface area contributed by atoms with Gasteiger partial charge in [-0.25, -0.2) is 4.79 Å². The van der Waals surface area contributed by atoms with E-state index in [-0.39, 0.29) is 30.9 Å². The smallest absolute Gasteiger partial charge is 0.326 e. The van der Waals surface area contributed by atoms with Crippen LogP contribution in [-0.2, 0) is 32.0 Å². The first-order valence-corrected chi connectivity index (χ1v) is 12.8. The van der Waals surface area contributed by atoms with Gasteiger partial charge in [0.2, 0.25) is 17.7 Å². The van der Waals surface area contributed by atoms with Crippen molar-refractivity contribution in [3.05, 3.63) is 71.8 Å². The molecular formula is C27H36N4O5S. The highest BCUT2D eigenvalue weighted by atomic mass is 32.1. The molecule has 0 aliphatic carbocycles. The van der Waals surface area contributed by atoms with Crippen LogP contribution in [0.2, 0.25) is 0 Å². The van der Waals surface area contributed by atoms with E-state index in [9.17, 15) is 24.3 Å². The number of aliphatic carboxylic acids is 1. The van der Waals surface area contributed by atoms with Crippen LogP contribution in [0.4, 0.5) is 0 Å². The topological polar surface area (TPSA) is 151 Å². The van der Waals surface area contributed by atoms with Gasteiger partial charge in [-0.1, -0.05) is 74.5 Å². The Balaban J connectivity index is 2.29. The highest BCUT2D eigenvalue weighted by molar-refractivity contribution is 7.80. The maximum atomic E-state index is 13.4. The maximum absolute atomic E-state index is 13.4. The molecule has 3 amide bonds. The minimum Gasteiger partial charge on any atom is -0.480 e. The van der Waals surface area contributed by atoms with Crippen LogP contribution in [0.3, 0.4) is 0 Å². The number of hydrogen-bond acceptors (Lipinski definition) is 6. The Morgan fingerprint density at radius 1 is 0.757 bits per heavy atom. The predicted octanol–water partition coefficient (Wildman–Crippen LogP) is 1.31. The summed E-state index contributed by atoms with van der Waals surface area (Å²) in [5.41, 5.74) is 7.37. The SMILES string of the molecule is CC(C)CC(NC(=O)C(Cc1ccccc1)NC(=O)C(Cc1ccccc1)NC(=O)C(N)CS)C(=O)O. The van der Waals surface area contributed by atoms with Crippen LogP contribution in [0.15, 0.2) is 60.7 Å². The minimum atomic E-state index is -1.15. The Kier molecular flexibility index (Phi) is 12.1. The number of nitrogens with two attached hydrogens (primary N) is 1. The maximum Gasteiger partial charge on any atom is 0.326 e. The molecule has 10 heteroatoms. The summed E-state index contributed by atoms with van der Waals surface area (Å²) in [6, 6.07) is 14.1. The molecule has 200 valence electrons. The lowest BCUT2D eigenvalue weighted by molar-refractivity contribution is -0.142. The Hall–Kier alpha value is -3.37. The van der Waals surface area contributed by atoms with Gasteiger partial charge in [0.1, 0.15) is 18.1 Å². The predicted molar refractivity (Wildman–Crippen MR) is 145 cm³/mol. The van der Waals surface area contributed by atoms with Crippen molar-refractivity contribution >= 4 is 36.3 Å². The molecule has 0 saturated heterocycles. The Labute approximate surface area is 223 Å². The van der Waals surface area contributed by atoms with Crippen molar-refractivity contribution < 1.29 is 24.3 Å². The number of carboxylic acids is 1. The van der Waals surface area contributed by atoms with Crippen LogP contribution >= 0.6 is 12.6 Å². The molecule has 4 unspecified atom stereocenters. The zero-order valence-electron chi connectivity index (χ0n) is 21.1. The molecule has 4 atom stereocenters. The molecule has 0 aliphatic heterocycles. The van der Waals surface area contributed by atoms with Crippen molar-refractivity contribution in [1.82, 2.24) is 16.0 Å². The second-order valence-corrected chi connectivity index (χ2v) is 9.68. The van der Waals surface area contributed by atoms with Gasteiger partial charge in [0.05, 0.1) is 6.04 Å². The fraction of sp³-hybridized carbons (Fsp3) is 0.407. The number of rotatable bonds is 14. The van der Waals surface area contributed by atoms with Gasteiger partial charge in [0.15, 0.2) is 0 Å². The van der Waals surface area contributed by atoms with Crippen molar-refractivity contribution in [2.45, 2.75) is 57.3 Å². The van der Waals surface area contributed by atoms with Gasteiger partial charge in [-0.2, -0.15) is 12.6 Å². The lowest BCUT2D eigenvalue weighted by Gasteiger charge is -2.25. The molecule has 2 rings (SSSR count). The van der Waals surface area contributed by atoms with Gasteiger partial charge in [-0.05, 0) is 23.5 Å². The van der Waals surface area contributed by atoms with E-state index in [2.05, 4.69) is 28.6 Å². The van der Waals surface area contributed by atoms with Gasteiger partial charge >= 0.3 is 5.97 Å². The lowest BCUT2D eigenvalue weighted by Crippen LogP contribution is -2.58. The van der Waals surface area contributed by atoms with E-state index in [1.54, 1.807) is 0 Å². The Morgan fingerprint density at radius 3 is 1.54 bits per heavy atom. The van der Waals surface area contributed by atoms with Gasteiger partial charge in [0.25, 0.3) is 0 Å². The van der Waals surface area contributed by atoms with Gasteiger partial charge < -0.3 is 26.8 Å². The number of thiol groups is 1. The molecule has 6 N–H and O–H groups in total. The van der Waals surface area contributed by atoms with E-state index < -0.39 is 47.9 Å². The molecule has 0 bridgehead atoms. The van der Waals surface area contributed by atoms with E-state index in [0.717, 1.165) is 11.1 Å². The molecule has 0 fully saturated rings. The lowest BCUT2D eigenvalue weighted by atomic mass is 10.0. The van der Waals surface area contributed by atoms with E-state index in [1.807, 2.05) is 74.5 Å². The van der Waals surface area contributed by atoms with Crippen molar-refractivity contribution in [1.29, 1.82) is 0 Å². The molecular weight excluding hydrogens is 492 g/mol. The Morgan fingerprint density at radius 2 is 1.16 bits per heavy atom. The number of carboxylic acid groups (broad SMARTS) is 1. The van der Waals surface area contributed by atoms with Gasteiger partial charge in [-0.15, -0.1) is 0 Å². The zero-order valence-corrected chi connectivity index (χ0v) is 22.0. The summed E-state index contributed by atoms with van der Waals surface area (Å²) in [5.74, 6) is -2.78. The average Bonchev–Trinajstić information content (AvgIpc) is 2.87. The van der Waals surface area contributed by atoms with Crippen LogP contribution in [0.25, 0.3) is 0 Å². The third-order valence-corrected chi connectivity index (χ3v) is 6.08. The van der Waals surface area contributed by atoms with E-state index in [0.29, 0.717) is 0 Å². The molecule has 0 saturated carbocycles. The first-order chi connectivity index (χ1) is 17.6. The Bertz CT molecular complexity index is 1040. The second kappa shape index (κ2) is 15.0. The standard InChI is InChI=1S/C27H36N4O5S/c1-17(2)13-23(27(35)36)31-26(34)22(15-19-11-7-4-8-12-19)30-25(33)21(29-24(32)20(28)16-37)14-18-9-5-3-6-10-18/h3-12,17,20-23,37H,13-16,28H2,1-2H3,(H,29,32)(H,30,33)(H,31,34)(H,35,36). The normalized spacial score (nSPS) is 14.2. The van der Waals surface area contributed by atoms with Crippen molar-refractivity contribution in [2.24, 2.45) is 11.7 Å². The average molecular weight is 529 g/mol. The van der Waals surface area contributed by atoms with Crippen molar-refractivity contribution in [3.63, 3.8) is 0 Å². The van der Waals surface area contributed by atoms with E-state index in [1.165, 1.54) is 0 Å². The van der Waals surface area contributed by atoms with Crippen LogP contribution in [-0.4, -0.2) is 58.7 Å². The molecule has 2 aromatic carbocycles. The first-order valence-electron chi connectivity index (χ1n) is 12.2. The molecule has 0 spiro atoms. The quantitative estimate of drug-likeness (QED) is 0.204. The summed E-state index contributed by atoms with van der Waals surface area (Å²) in [5, 5.41) is 17.5. The van der Waals surface area contributed by atoms with E-state index in [4.69, 9.17) is 5.73 Å². The number of carbonyl (C=O) groups excluding carboxylic acids is 3. The summed E-state index contributed by atoms with van der Waals surface area (Å²) in [7, 11) is 0. The number of nitrogens with one attached hydrogen (secondary N) is 3. The second-order valence-electron chi connectivity index (χ2n) is 9.32. The molecule has 37 heavy (non-hydrogen) atoms. The largest absolute Gasteiger partial charge is 0.480 e. The molecule has 0 aromatic heterocycles. The third kappa shape index (κ3) is 10.3. The van der Waals surface area contributed by atoms with Gasteiger partial charge in [0, 0.05) is 18.6 Å². The summed E-state index contributed by atoms with van der Waals surface area (Å²) in [6.45, 7) is 3.72. The third-order valence-electron chi connectivity index (χ3n) is 5.69. The summed E-state index contributed by atoms with van der Waals surface area (Å²) >= 11 is 4.05. The summed E-state index contributed by atoms with van der Waals surface area (Å²) in [6.07, 6.45) is 0.540. The molecule has 0 heterocycles. The van der Waals surface area contributed by atoms with Crippen LogP contribution < -0.4 is 21.7 Å². The van der Waals surface area contributed by atoms with Crippen LogP contribution in [0.1, 0.15) is 31.4 Å². The zero-order chi connectivity index (χ0) is 27.4. The number of hydrogen-bond donors (Lipinski definition) is 6. The van der Waals surface area contributed by atoms with Crippen molar-refractivity contribution in [3.8, 4) is 0 Å². The summed E-state index contributed by atoms with van der Waals surface area (Å²) < 4.78 is 0. The van der Waals surface area contributed by atoms with Gasteiger partial charge in [-0.3, -0.25) is 14.4 Å². The van der Waals surface area contributed by atoms with Crippen LogP contribution in [0, 0.1) is 5.92 Å². The van der Waals surface area contributed by atoms with Crippen molar-refractivity contribution in [2.75, 3.05) is 5.75 Å². The molecule has 0 radical (unpaired) electrons. The highest BCUT2D eigenvalue weighted by Crippen LogP contribution is 2.09. The molecule has 0 aliphatic rings. The first kappa shape index (κ1) is 29.9. The van der Waals surface area contributed by atoms with Crippen LogP contribution in [0.5, 0.6) is 0 Å². The summed E-state index contributed by atoms with van der Waals surface area (Å²) in [4.78, 5) is 50.9. The highest BCUT2D eigenvalue weighted by Gasteiger charge is 2.30.